The summed E-state index contributed by atoms with van der Waals surface area (Å²) < 4.78 is 53.9. The molecule has 1 aliphatic heterocycles. The van der Waals surface area contributed by atoms with Gasteiger partial charge in [0.1, 0.15) is 17.2 Å². The number of likely N-dealkylation sites (tertiary alicyclic amines) is 1. The maximum absolute atomic E-state index is 13.0. The molecule has 0 spiro atoms. The van der Waals surface area contributed by atoms with E-state index in [0.29, 0.717) is 48.8 Å². The Balaban J connectivity index is 1.52. The van der Waals surface area contributed by atoms with Crippen molar-refractivity contribution in [3.8, 4) is 22.9 Å². The topological polar surface area (TPSA) is 85.8 Å². The Morgan fingerprint density at radius 1 is 1.03 bits per heavy atom. The fourth-order valence-electron chi connectivity index (χ4n) is 4.34. The fourth-order valence-corrected chi connectivity index (χ4v) is 4.66. The Bertz CT molecular complexity index is 1390. The number of methoxy groups -OCH3 is 2. The van der Waals surface area contributed by atoms with Crippen molar-refractivity contribution in [1.29, 1.82) is 0 Å². The third-order valence-corrected chi connectivity index (χ3v) is 6.53. The number of aromatic amines is 1. The van der Waals surface area contributed by atoms with E-state index in [1.165, 1.54) is 34.9 Å². The zero-order chi connectivity index (χ0) is 27.4. The lowest BCUT2D eigenvalue weighted by molar-refractivity contribution is -0.153. The molecule has 1 unspecified atom stereocenters. The third kappa shape index (κ3) is 6.36. The van der Waals surface area contributed by atoms with Crippen LogP contribution in [0, 0.1) is 4.77 Å². The minimum atomic E-state index is -4.45. The van der Waals surface area contributed by atoms with Gasteiger partial charge in [0, 0.05) is 48.8 Å². The van der Waals surface area contributed by atoms with Gasteiger partial charge in [0.2, 0.25) is 5.91 Å². The summed E-state index contributed by atoms with van der Waals surface area (Å²) in [6.45, 7) is -0.690. The van der Waals surface area contributed by atoms with E-state index >= 15 is 0 Å². The summed E-state index contributed by atoms with van der Waals surface area (Å²) in [6, 6.07) is 12.4. The Hall–Kier alpha value is -3.80. The van der Waals surface area contributed by atoms with Crippen LogP contribution in [0.25, 0.3) is 5.69 Å². The van der Waals surface area contributed by atoms with E-state index in [1.54, 1.807) is 31.3 Å². The summed E-state index contributed by atoms with van der Waals surface area (Å²) >= 11 is 5.44. The van der Waals surface area contributed by atoms with Gasteiger partial charge in [-0.2, -0.15) is 13.2 Å². The second-order valence-electron chi connectivity index (χ2n) is 8.79. The van der Waals surface area contributed by atoms with Crippen molar-refractivity contribution in [2.75, 3.05) is 27.4 Å². The van der Waals surface area contributed by atoms with Gasteiger partial charge < -0.3 is 24.1 Å². The number of nitrogens with zero attached hydrogens (tertiary/aromatic N) is 2. The number of aromatic nitrogens is 2. The number of benzene rings is 2. The van der Waals surface area contributed by atoms with Gasteiger partial charge in [0.05, 0.1) is 19.9 Å². The summed E-state index contributed by atoms with van der Waals surface area (Å²) in [5.41, 5.74) is 1.43. The van der Waals surface area contributed by atoms with Gasteiger partial charge in [0.25, 0.3) is 5.56 Å². The number of amides is 1. The molecule has 0 bridgehead atoms. The number of halogens is 3. The zero-order valence-corrected chi connectivity index (χ0v) is 21.5. The second kappa shape index (κ2) is 11.3. The predicted octanol–water partition coefficient (Wildman–Crippen LogP) is 4.76. The molecule has 38 heavy (non-hydrogen) atoms. The number of nitrogens with one attached hydrogen (secondary N) is 1. The van der Waals surface area contributed by atoms with Crippen LogP contribution in [-0.4, -0.2) is 53.9 Å². The quantitative estimate of drug-likeness (QED) is 0.408. The second-order valence-corrected chi connectivity index (χ2v) is 9.18. The molecule has 1 amide bonds. The normalized spacial score (nSPS) is 15.9. The first-order chi connectivity index (χ1) is 18.1. The monoisotopic (exact) mass is 549 g/mol. The van der Waals surface area contributed by atoms with E-state index in [9.17, 15) is 22.8 Å². The van der Waals surface area contributed by atoms with Crippen LogP contribution in [-0.2, 0) is 11.3 Å². The van der Waals surface area contributed by atoms with Gasteiger partial charge in [-0.05, 0) is 55.0 Å². The fraction of sp³-hybridized carbons (Fsp3) is 0.346. The number of carbonyl (C=O) groups excluding carboxylic acids is 1. The van der Waals surface area contributed by atoms with Crippen molar-refractivity contribution in [1.82, 2.24) is 14.5 Å². The molecule has 2 heterocycles. The molecular formula is C26H26F3N3O5S. The lowest BCUT2D eigenvalue weighted by atomic mass is 9.93. The Morgan fingerprint density at radius 3 is 2.37 bits per heavy atom. The first-order valence-electron chi connectivity index (χ1n) is 11.7. The van der Waals surface area contributed by atoms with Gasteiger partial charge in [-0.25, -0.2) is 0 Å². The molecule has 0 saturated carbocycles. The Kier molecular flexibility index (Phi) is 8.10. The van der Waals surface area contributed by atoms with E-state index < -0.39 is 18.3 Å². The van der Waals surface area contributed by atoms with Crippen LogP contribution < -0.4 is 19.8 Å². The van der Waals surface area contributed by atoms with Crippen molar-refractivity contribution >= 4 is 18.1 Å². The minimum Gasteiger partial charge on any atom is -0.497 e. The Morgan fingerprint density at radius 2 is 1.74 bits per heavy atom. The summed E-state index contributed by atoms with van der Waals surface area (Å²) in [7, 11) is 3.12. The van der Waals surface area contributed by atoms with Crippen LogP contribution in [0.2, 0.25) is 0 Å². The van der Waals surface area contributed by atoms with E-state index in [0.717, 1.165) is 5.56 Å². The molecule has 202 valence electrons. The largest absolute Gasteiger partial charge is 0.497 e. The van der Waals surface area contributed by atoms with Crippen molar-refractivity contribution < 1.29 is 32.2 Å². The van der Waals surface area contributed by atoms with Crippen LogP contribution >= 0.6 is 12.2 Å². The molecule has 1 atom stereocenters. The Labute approximate surface area is 221 Å². The first kappa shape index (κ1) is 27.2. The molecule has 12 heteroatoms. The number of ether oxygens (including phenoxy) is 3. The van der Waals surface area contributed by atoms with E-state index in [4.69, 9.17) is 26.4 Å². The van der Waals surface area contributed by atoms with Gasteiger partial charge in [0.15, 0.2) is 11.4 Å². The van der Waals surface area contributed by atoms with E-state index in [-0.39, 0.29) is 22.3 Å². The van der Waals surface area contributed by atoms with Crippen LogP contribution in [0.4, 0.5) is 13.2 Å². The first-order valence-corrected chi connectivity index (χ1v) is 12.1. The molecule has 0 radical (unpaired) electrons. The van der Waals surface area contributed by atoms with Crippen LogP contribution in [0.15, 0.2) is 53.3 Å². The van der Waals surface area contributed by atoms with Crippen LogP contribution in [0.3, 0.4) is 0 Å². The molecule has 1 aromatic heterocycles. The van der Waals surface area contributed by atoms with Crippen molar-refractivity contribution in [3.05, 3.63) is 74.9 Å². The average molecular weight is 550 g/mol. The minimum absolute atomic E-state index is 0.00103. The summed E-state index contributed by atoms with van der Waals surface area (Å²) in [4.78, 5) is 30.5. The number of hydrogen-bond donors (Lipinski definition) is 1. The zero-order valence-electron chi connectivity index (χ0n) is 20.7. The van der Waals surface area contributed by atoms with E-state index in [2.05, 4.69) is 4.98 Å². The molecule has 1 saturated heterocycles. The molecule has 4 rings (SSSR count). The maximum Gasteiger partial charge on any atom is 0.422 e. The summed E-state index contributed by atoms with van der Waals surface area (Å²) in [5, 5.41) is 0. The van der Waals surface area contributed by atoms with Crippen LogP contribution in [0.1, 0.15) is 30.0 Å². The molecule has 2 aromatic carbocycles. The maximum atomic E-state index is 13.0. The molecule has 8 nitrogen and oxygen atoms in total. The van der Waals surface area contributed by atoms with Crippen molar-refractivity contribution in [3.63, 3.8) is 0 Å². The summed E-state index contributed by atoms with van der Waals surface area (Å²) in [5.74, 6) is 1.13. The molecule has 1 N–H and O–H groups in total. The third-order valence-electron chi connectivity index (χ3n) is 6.25. The van der Waals surface area contributed by atoms with Gasteiger partial charge in [-0.3, -0.25) is 14.2 Å². The number of piperidine rings is 1. The van der Waals surface area contributed by atoms with E-state index in [1.807, 2.05) is 6.07 Å². The highest BCUT2D eigenvalue weighted by Gasteiger charge is 2.29. The SMILES string of the molecule is COc1ccc(CN2CC(c3cc(=O)n(-c4ccc(OCC(F)(F)F)cc4)c(=S)[nH]3)CCC2=O)c(OC)c1. The number of hydrogen-bond acceptors (Lipinski definition) is 6. The molecule has 0 aliphatic carbocycles. The number of carbonyl (C=O) groups is 1. The average Bonchev–Trinajstić information content (AvgIpc) is 2.88. The molecule has 1 fully saturated rings. The number of alkyl halides is 3. The lowest BCUT2D eigenvalue weighted by Gasteiger charge is -2.33. The van der Waals surface area contributed by atoms with Crippen molar-refractivity contribution in [2.24, 2.45) is 0 Å². The predicted molar refractivity (Wildman–Crippen MR) is 136 cm³/mol. The summed E-state index contributed by atoms with van der Waals surface area (Å²) in [6.07, 6.45) is -3.59. The molecular weight excluding hydrogens is 523 g/mol. The highest BCUT2D eigenvalue weighted by atomic mass is 32.1. The van der Waals surface area contributed by atoms with Gasteiger partial charge in [-0.1, -0.05) is 0 Å². The lowest BCUT2D eigenvalue weighted by Crippen LogP contribution is -2.39. The van der Waals surface area contributed by atoms with Crippen LogP contribution in [0.5, 0.6) is 17.2 Å². The van der Waals surface area contributed by atoms with Crippen molar-refractivity contribution in [2.45, 2.75) is 31.5 Å². The number of rotatable bonds is 8. The molecule has 1 aliphatic rings. The molecule has 3 aromatic rings. The highest BCUT2D eigenvalue weighted by Crippen LogP contribution is 2.30. The standard InChI is InChI=1S/C26H26F3N3O5S/c1-35-20-7-3-17(22(11-20)36-2)14-31-13-16(4-10-23(31)33)21-12-24(34)32(25(38)30-21)18-5-8-19(9-6-18)37-15-26(27,28)29/h3,5-9,11-12,16H,4,10,13-15H2,1-2H3,(H,30,38). The van der Waals surface area contributed by atoms with Gasteiger partial charge in [-0.15, -0.1) is 0 Å². The highest BCUT2D eigenvalue weighted by molar-refractivity contribution is 7.71. The number of H-pyrrole nitrogens is 1. The smallest absolute Gasteiger partial charge is 0.422 e. The van der Waals surface area contributed by atoms with Gasteiger partial charge >= 0.3 is 6.18 Å².